The molecule has 1 aromatic rings. The van der Waals surface area contributed by atoms with Crippen molar-refractivity contribution in [2.75, 3.05) is 24.6 Å². The lowest BCUT2D eigenvalue weighted by atomic mass is 10.2. The van der Waals surface area contributed by atoms with Crippen molar-refractivity contribution in [3.8, 4) is 0 Å². The first-order chi connectivity index (χ1) is 7.79. The van der Waals surface area contributed by atoms with Crippen molar-refractivity contribution in [2.24, 2.45) is 5.73 Å². The SMILES string of the molecule is NC(C(=O)N1CCCSCC1)c1cccs1. The van der Waals surface area contributed by atoms with Gasteiger partial charge in [-0.1, -0.05) is 6.07 Å². The van der Waals surface area contributed by atoms with E-state index in [1.165, 1.54) is 0 Å². The van der Waals surface area contributed by atoms with Gasteiger partial charge in [-0.15, -0.1) is 11.3 Å². The molecule has 2 rings (SSSR count). The second-order valence-corrected chi connectivity index (χ2v) is 5.99. The molecule has 1 atom stereocenters. The van der Waals surface area contributed by atoms with Crippen LogP contribution in [0, 0.1) is 0 Å². The maximum absolute atomic E-state index is 12.1. The van der Waals surface area contributed by atoms with Gasteiger partial charge in [0.25, 0.3) is 0 Å². The molecule has 5 heteroatoms. The molecule has 88 valence electrons. The lowest BCUT2D eigenvalue weighted by Gasteiger charge is -2.23. The van der Waals surface area contributed by atoms with Crippen molar-refractivity contribution >= 4 is 29.0 Å². The number of amides is 1. The lowest BCUT2D eigenvalue weighted by molar-refractivity contribution is -0.132. The Morgan fingerprint density at radius 1 is 1.44 bits per heavy atom. The van der Waals surface area contributed by atoms with Crippen LogP contribution in [0.2, 0.25) is 0 Å². The van der Waals surface area contributed by atoms with Crippen molar-refractivity contribution in [2.45, 2.75) is 12.5 Å². The zero-order valence-corrected chi connectivity index (χ0v) is 10.7. The minimum Gasteiger partial charge on any atom is -0.340 e. The maximum Gasteiger partial charge on any atom is 0.244 e. The molecular formula is C11H16N2OS2. The van der Waals surface area contributed by atoms with Crippen molar-refractivity contribution in [1.82, 2.24) is 4.90 Å². The Morgan fingerprint density at radius 2 is 2.31 bits per heavy atom. The van der Waals surface area contributed by atoms with Crippen LogP contribution in [0.3, 0.4) is 0 Å². The van der Waals surface area contributed by atoms with E-state index in [-0.39, 0.29) is 5.91 Å². The summed E-state index contributed by atoms with van der Waals surface area (Å²) < 4.78 is 0. The first-order valence-electron chi connectivity index (χ1n) is 5.44. The molecule has 1 fully saturated rings. The third-order valence-corrected chi connectivity index (χ3v) is 4.65. The molecule has 0 bridgehead atoms. The normalized spacial score (nSPS) is 19.2. The zero-order chi connectivity index (χ0) is 11.4. The molecule has 0 aromatic carbocycles. The third-order valence-electron chi connectivity index (χ3n) is 2.65. The highest BCUT2D eigenvalue weighted by molar-refractivity contribution is 7.99. The Balaban J connectivity index is 2.00. The number of rotatable bonds is 2. The van der Waals surface area contributed by atoms with E-state index in [1.807, 2.05) is 34.2 Å². The summed E-state index contributed by atoms with van der Waals surface area (Å²) in [5.41, 5.74) is 5.98. The summed E-state index contributed by atoms with van der Waals surface area (Å²) >= 11 is 3.46. The highest BCUT2D eigenvalue weighted by atomic mass is 32.2. The topological polar surface area (TPSA) is 46.3 Å². The minimum absolute atomic E-state index is 0.0740. The molecule has 1 aliphatic heterocycles. The molecule has 3 nitrogen and oxygen atoms in total. The molecule has 1 unspecified atom stereocenters. The van der Waals surface area contributed by atoms with Crippen LogP contribution in [-0.2, 0) is 4.79 Å². The van der Waals surface area contributed by atoms with Crippen LogP contribution in [0.15, 0.2) is 17.5 Å². The number of carbonyl (C=O) groups excluding carboxylic acids is 1. The van der Waals surface area contributed by atoms with E-state index in [9.17, 15) is 4.79 Å². The quantitative estimate of drug-likeness (QED) is 0.876. The summed E-state index contributed by atoms with van der Waals surface area (Å²) in [6, 6.07) is 3.40. The predicted molar refractivity (Wildman–Crippen MR) is 69.8 cm³/mol. The Hall–Kier alpha value is -0.520. The number of carbonyl (C=O) groups is 1. The van der Waals surface area contributed by atoms with E-state index in [2.05, 4.69) is 0 Å². The van der Waals surface area contributed by atoms with Gasteiger partial charge in [0.2, 0.25) is 5.91 Å². The fourth-order valence-corrected chi connectivity index (χ4v) is 3.36. The van der Waals surface area contributed by atoms with Crippen LogP contribution in [0.25, 0.3) is 0 Å². The van der Waals surface area contributed by atoms with Gasteiger partial charge in [0.15, 0.2) is 0 Å². The van der Waals surface area contributed by atoms with Crippen LogP contribution in [0.1, 0.15) is 17.3 Å². The van der Waals surface area contributed by atoms with Gasteiger partial charge in [0, 0.05) is 23.7 Å². The monoisotopic (exact) mass is 256 g/mol. The zero-order valence-electron chi connectivity index (χ0n) is 9.09. The largest absolute Gasteiger partial charge is 0.340 e. The van der Waals surface area contributed by atoms with Crippen molar-refractivity contribution in [3.63, 3.8) is 0 Å². The van der Waals surface area contributed by atoms with Crippen LogP contribution in [0.5, 0.6) is 0 Å². The van der Waals surface area contributed by atoms with Gasteiger partial charge in [-0.3, -0.25) is 4.79 Å². The standard InChI is InChI=1S/C11H16N2OS2/c12-10(9-3-1-7-16-9)11(14)13-4-2-6-15-8-5-13/h1,3,7,10H,2,4-6,8,12H2. The molecule has 1 aromatic heterocycles. The predicted octanol–water partition coefficient (Wildman–Crippen LogP) is 1.71. The number of hydrogen-bond acceptors (Lipinski definition) is 4. The Labute approximate surface area is 104 Å². The minimum atomic E-state index is -0.469. The molecule has 1 amide bonds. The van der Waals surface area contributed by atoms with Crippen LogP contribution >= 0.6 is 23.1 Å². The average Bonchev–Trinajstić information content (AvgIpc) is 2.70. The van der Waals surface area contributed by atoms with Crippen molar-refractivity contribution in [3.05, 3.63) is 22.4 Å². The molecule has 0 saturated carbocycles. The van der Waals surface area contributed by atoms with Crippen molar-refractivity contribution in [1.29, 1.82) is 0 Å². The average molecular weight is 256 g/mol. The Kier molecular flexibility index (Phi) is 4.26. The van der Waals surface area contributed by atoms with Gasteiger partial charge >= 0.3 is 0 Å². The first-order valence-corrected chi connectivity index (χ1v) is 7.48. The molecule has 1 aliphatic rings. The Bertz CT molecular complexity index is 332. The summed E-state index contributed by atoms with van der Waals surface area (Å²) in [4.78, 5) is 15.0. The van der Waals surface area contributed by atoms with Gasteiger partial charge < -0.3 is 10.6 Å². The summed E-state index contributed by atoms with van der Waals surface area (Å²) in [5, 5.41) is 1.96. The highest BCUT2D eigenvalue weighted by Crippen LogP contribution is 2.20. The van der Waals surface area contributed by atoms with Crippen LogP contribution in [-0.4, -0.2) is 35.4 Å². The molecule has 2 N–H and O–H groups in total. The Morgan fingerprint density at radius 3 is 3.06 bits per heavy atom. The molecule has 0 radical (unpaired) electrons. The number of thioether (sulfide) groups is 1. The second-order valence-electron chi connectivity index (χ2n) is 3.78. The molecule has 1 saturated heterocycles. The van der Waals surface area contributed by atoms with Gasteiger partial charge in [0.05, 0.1) is 0 Å². The lowest BCUT2D eigenvalue weighted by Crippen LogP contribution is -2.39. The van der Waals surface area contributed by atoms with E-state index in [1.54, 1.807) is 11.3 Å². The number of hydrogen-bond donors (Lipinski definition) is 1. The van der Waals surface area contributed by atoms with E-state index >= 15 is 0 Å². The van der Waals surface area contributed by atoms with Gasteiger partial charge in [-0.05, 0) is 23.6 Å². The summed E-state index contributed by atoms with van der Waals surface area (Å²) in [7, 11) is 0. The summed E-state index contributed by atoms with van der Waals surface area (Å²) in [6.45, 7) is 1.69. The number of thiophene rings is 1. The van der Waals surface area contributed by atoms with E-state index in [0.29, 0.717) is 0 Å². The van der Waals surface area contributed by atoms with Crippen LogP contribution < -0.4 is 5.73 Å². The summed E-state index contributed by atoms with van der Waals surface area (Å²) in [5.74, 6) is 2.26. The van der Waals surface area contributed by atoms with Crippen molar-refractivity contribution < 1.29 is 4.79 Å². The second kappa shape index (κ2) is 5.70. The van der Waals surface area contributed by atoms with Gasteiger partial charge in [-0.25, -0.2) is 0 Å². The first kappa shape index (κ1) is 12.0. The van der Waals surface area contributed by atoms with Gasteiger partial charge in [0.1, 0.15) is 6.04 Å². The smallest absolute Gasteiger partial charge is 0.244 e. The fraction of sp³-hybridized carbons (Fsp3) is 0.545. The molecular weight excluding hydrogens is 240 g/mol. The van der Waals surface area contributed by atoms with Crippen LogP contribution in [0.4, 0.5) is 0 Å². The molecule has 0 spiro atoms. The van der Waals surface area contributed by atoms with E-state index in [4.69, 9.17) is 5.73 Å². The molecule has 0 aliphatic carbocycles. The number of nitrogens with zero attached hydrogens (tertiary/aromatic N) is 1. The maximum atomic E-state index is 12.1. The van der Waals surface area contributed by atoms with Gasteiger partial charge in [-0.2, -0.15) is 11.8 Å². The number of nitrogens with two attached hydrogens (primary N) is 1. The third kappa shape index (κ3) is 2.78. The fourth-order valence-electron chi connectivity index (χ4n) is 1.75. The molecule has 2 heterocycles. The molecule has 16 heavy (non-hydrogen) atoms. The van der Waals surface area contributed by atoms with E-state index in [0.717, 1.165) is 35.9 Å². The summed E-state index contributed by atoms with van der Waals surface area (Å²) in [6.07, 6.45) is 1.08. The highest BCUT2D eigenvalue weighted by Gasteiger charge is 2.23. The van der Waals surface area contributed by atoms with E-state index < -0.39 is 6.04 Å².